The van der Waals surface area contributed by atoms with E-state index in [-0.39, 0.29) is 6.79 Å². The van der Waals surface area contributed by atoms with Crippen molar-refractivity contribution >= 4 is 0 Å². The molecule has 0 unspecified atom stereocenters. The Morgan fingerprint density at radius 2 is 2.06 bits per heavy atom. The molecule has 2 N–H and O–H groups in total. The first-order chi connectivity index (χ1) is 8.35. The zero-order valence-electron chi connectivity index (χ0n) is 10.2. The van der Waals surface area contributed by atoms with Crippen molar-refractivity contribution in [3.05, 3.63) is 17.7 Å². The molecule has 0 saturated carbocycles. The maximum atomic E-state index is 5.76. The summed E-state index contributed by atoms with van der Waals surface area (Å²) in [6.45, 7) is 3.76. The van der Waals surface area contributed by atoms with E-state index in [0.29, 0.717) is 6.54 Å². The van der Waals surface area contributed by atoms with E-state index in [1.165, 1.54) is 0 Å². The lowest BCUT2D eigenvalue weighted by atomic mass is 10.1. The van der Waals surface area contributed by atoms with E-state index in [4.69, 9.17) is 19.9 Å². The Balaban J connectivity index is 2.15. The first-order valence-corrected chi connectivity index (χ1v) is 6.10. The van der Waals surface area contributed by atoms with Gasteiger partial charge in [0.1, 0.15) is 5.75 Å². The Bertz CT molecular complexity index is 379. The van der Waals surface area contributed by atoms with Gasteiger partial charge in [-0.1, -0.05) is 13.3 Å². The summed E-state index contributed by atoms with van der Waals surface area (Å²) in [7, 11) is 0. The van der Waals surface area contributed by atoms with Crippen LogP contribution in [0.25, 0.3) is 0 Å². The predicted octanol–water partition coefficient (Wildman–Crippen LogP) is 2.10. The van der Waals surface area contributed by atoms with Crippen LogP contribution in [0.1, 0.15) is 25.3 Å². The van der Waals surface area contributed by atoms with Gasteiger partial charge in [0.2, 0.25) is 6.79 Å². The molecule has 0 radical (unpaired) electrons. The molecular weight excluding hydrogens is 218 g/mol. The third-order valence-electron chi connectivity index (χ3n) is 2.72. The van der Waals surface area contributed by atoms with Crippen LogP contribution in [0.2, 0.25) is 0 Å². The van der Waals surface area contributed by atoms with E-state index < -0.39 is 0 Å². The molecule has 0 aromatic heterocycles. The van der Waals surface area contributed by atoms with Crippen LogP contribution >= 0.6 is 0 Å². The van der Waals surface area contributed by atoms with E-state index in [2.05, 4.69) is 6.92 Å². The van der Waals surface area contributed by atoms with Gasteiger partial charge in [0.25, 0.3) is 0 Å². The normalized spacial score (nSPS) is 12.8. The second kappa shape index (κ2) is 5.77. The molecule has 2 rings (SSSR count). The summed E-state index contributed by atoms with van der Waals surface area (Å²) in [4.78, 5) is 0. The second-order valence-corrected chi connectivity index (χ2v) is 4.05. The SMILES string of the molecule is CCCCOc1cc2c(cc1CCN)OCO2. The third-order valence-corrected chi connectivity index (χ3v) is 2.72. The molecule has 94 valence electrons. The van der Waals surface area contributed by atoms with Gasteiger partial charge in [-0.3, -0.25) is 0 Å². The highest BCUT2D eigenvalue weighted by Crippen LogP contribution is 2.38. The molecule has 17 heavy (non-hydrogen) atoms. The van der Waals surface area contributed by atoms with Gasteiger partial charge in [-0.25, -0.2) is 0 Å². The van der Waals surface area contributed by atoms with E-state index in [1.54, 1.807) is 0 Å². The largest absolute Gasteiger partial charge is 0.493 e. The monoisotopic (exact) mass is 237 g/mol. The Hall–Kier alpha value is -1.42. The van der Waals surface area contributed by atoms with Crippen LogP contribution in [0.5, 0.6) is 17.2 Å². The van der Waals surface area contributed by atoms with Crippen molar-refractivity contribution in [1.29, 1.82) is 0 Å². The van der Waals surface area contributed by atoms with Crippen LogP contribution in [0.3, 0.4) is 0 Å². The lowest BCUT2D eigenvalue weighted by Crippen LogP contribution is -2.06. The van der Waals surface area contributed by atoms with Crippen LogP contribution in [0.15, 0.2) is 12.1 Å². The number of benzene rings is 1. The van der Waals surface area contributed by atoms with Gasteiger partial charge < -0.3 is 19.9 Å². The number of hydrogen-bond acceptors (Lipinski definition) is 4. The Kier molecular flexibility index (Phi) is 4.09. The van der Waals surface area contributed by atoms with Crippen molar-refractivity contribution < 1.29 is 14.2 Å². The number of unbranched alkanes of at least 4 members (excludes halogenated alkanes) is 1. The topological polar surface area (TPSA) is 53.7 Å². The molecule has 0 aliphatic carbocycles. The molecule has 0 spiro atoms. The highest BCUT2D eigenvalue weighted by atomic mass is 16.7. The number of nitrogens with two attached hydrogens (primary N) is 1. The van der Waals surface area contributed by atoms with Gasteiger partial charge in [-0.15, -0.1) is 0 Å². The highest BCUT2D eigenvalue weighted by molar-refractivity contribution is 5.51. The molecule has 4 heteroatoms. The van der Waals surface area contributed by atoms with Crippen molar-refractivity contribution in [2.75, 3.05) is 19.9 Å². The number of ether oxygens (including phenoxy) is 3. The minimum absolute atomic E-state index is 0.288. The van der Waals surface area contributed by atoms with Crippen LogP contribution in [0, 0.1) is 0 Å². The third kappa shape index (κ3) is 2.82. The molecule has 1 aromatic carbocycles. The second-order valence-electron chi connectivity index (χ2n) is 4.05. The van der Waals surface area contributed by atoms with Crippen molar-refractivity contribution in [2.24, 2.45) is 5.73 Å². The lowest BCUT2D eigenvalue weighted by Gasteiger charge is -2.11. The first-order valence-electron chi connectivity index (χ1n) is 6.10. The van der Waals surface area contributed by atoms with Crippen molar-refractivity contribution in [3.8, 4) is 17.2 Å². The number of rotatable bonds is 6. The van der Waals surface area contributed by atoms with Crippen molar-refractivity contribution in [1.82, 2.24) is 0 Å². The summed E-state index contributed by atoms with van der Waals surface area (Å²) < 4.78 is 16.5. The zero-order valence-corrected chi connectivity index (χ0v) is 10.2. The Morgan fingerprint density at radius 1 is 1.29 bits per heavy atom. The molecule has 0 saturated heterocycles. The van der Waals surface area contributed by atoms with E-state index in [0.717, 1.165) is 48.7 Å². The standard InChI is InChI=1S/C13H19NO3/c1-2-3-6-15-11-8-13-12(16-9-17-13)7-10(11)4-5-14/h7-8H,2-6,9,14H2,1H3. The van der Waals surface area contributed by atoms with Gasteiger partial charge in [0, 0.05) is 6.07 Å². The van der Waals surface area contributed by atoms with Crippen LogP contribution < -0.4 is 19.9 Å². The molecule has 1 aliphatic heterocycles. The van der Waals surface area contributed by atoms with Crippen molar-refractivity contribution in [3.63, 3.8) is 0 Å². The van der Waals surface area contributed by atoms with Crippen LogP contribution in [-0.4, -0.2) is 19.9 Å². The van der Waals surface area contributed by atoms with Gasteiger partial charge in [-0.05, 0) is 31.0 Å². The Morgan fingerprint density at radius 3 is 2.76 bits per heavy atom. The van der Waals surface area contributed by atoms with Crippen LogP contribution in [0.4, 0.5) is 0 Å². The highest BCUT2D eigenvalue weighted by Gasteiger charge is 2.17. The summed E-state index contributed by atoms with van der Waals surface area (Å²) in [6.07, 6.45) is 2.96. The summed E-state index contributed by atoms with van der Waals surface area (Å²) in [5.41, 5.74) is 6.69. The van der Waals surface area contributed by atoms with E-state index >= 15 is 0 Å². The van der Waals surface area contributed by atoms with Crippen molar-refractivity contribution in [2.45, 2.75) is 26.2 Å². The molecule has 0 bridgehead atoms. The minimum Gasteiger partial charge on any atom is -0.493 e. The quantitative estimate of drug-likeness (QED) is 0.770. The zero-order chi connectivity index (χ0) is 12.1. The maximum Gasteiger partial charge on any atom is 0.231 e. The average Bonchev–Trinajstić information content (AvgIpc) is 2.77. The fourth-order valence-corrected chi connectivity index (χ4v) is 1.78. The summed E-state index contributed by atoms with van der Waals surface area (Å²) in [6, 6.07) is 3.87. The first kappa shape index (κ1) is 12.0. The fourth-order valence-electron chi connectivity index (χ4n) is 1.78. The van der Waals surface area contributed by atoms with Gasteiger partial charge in [-0.2, -0.15) is 0 Å². The van der Waals surface area contributed by atoms with E-state index in [9.17, 15) is 0 Å². The molecule has 0 atom stereocenters. The predicted molar refractivity (Wildman–Crippen MR) is 65.7 cm³/mol. The smallest absolute Gasteiger partial charge is 0.231 e. The van der Waals surface area contributed by atoms with Gasteiger partial charge in [0.05, 0.1) is 6.61 Å². The molecule has 1 aromatic rings. The molecule has 1 aliphatic rings. The van der Waals surface area contributed by atoms with Gasteiger partial charge in [0.15, 0.2) is 11.5 Å². The lowest BCUT2D eigenvalue weighted by molar-refractivity contribution is 0.173. The summed E-state index contributed by atoms with van der Waals surface area (Å²) in [5.74, 6) is 2.42. The van der Waals surface area contributed by atoms with Gasteiger partial charge >= 0.3 is 0 Å². The fraction of sp³-hybridized carbons (Fsp3) is 0.538. The maximum absolute atomic E-state index is 5.76. The summed E-state index contributed by atoms with van der Waals surface area (Å²) in [5, 5.41) is 0. The molecule has 4 nitrogen and oxygen atoms in total. The Labute approximate surface area is 102 Å². The average molecular weight is 237 g/mol. The molecular formula is C13H19NO3. The molecule has 1 heterocycles. The van der Waals surface area contributed by atoms with E-state index in [1.807, 2.05) is 12.1 Å². The number of fused-ring (bicyclic) bond motifs is 1. The summed E-state index contributed by atoms with van der Waals surface area (Å²) >= 11 is 0. The minimum atomic E-state index is 0.288. The number of hydrogen-bond donors (Lipinski definition) is 1. The molecule has 0 fully saturated rings. The van der Waals surface area contributed by atoms with Crippen LogP contribution in [-0.2, 0) is 6.42 Å². The molecule has 0 amide bonds.